The lowest BCUT2D eigenvalue weighted by molar-refractivity contribution is 0.0698. The highest BCUT2D eigenvalue weighted by Gasteiger charge is 2.10. The summed E-state index contributed by atoms with van der Waals surface area (Å²) in [5.41, 5.74) is 1.67. The van der Waals surface area contributed by atoms with Crippen LogP contribution in [0, 0.1) is 0 Å². The summed E-state index contributed by atoms with van der Waals surface area (Å²) in [5.74, 6) is -0.958. The Morgan fingerprint density at radius 2 is 2.28 bits per heavy atom. The second-order valence-corrected chi connectivity index (χ2v) is 4.75. The highest BCUT2D eigenvalue weighted by atomic mass is 79.9. The fourth-order valence-corrected chi connectivity index (χ4v) is 1.95. The van der Waals surface area contributed by atoms with Crippen LogP contribution in [0.25, 0.3) is 0 Å². The van der Waals surface area contributed by atoms with Crippen molar-refractivity contribution in [1.29, 1.82) is 0 Å². The Morgan fingerprint density at radius 3 is 2.89 bits per heavy atom. The number of anilines is 1. The van der Waals surface area contributed by atoms with Crippen LogP contribution in [0.1, 0.15) is 16.1 Å². The van der Waals surface area contributed by atoms with E-state index < -0.39 is 5.97 Å². The van der Waals surface area contributed by atoms with Gasteiger partial charge in [-0.1, -0.05) is 15.9 Å². The van der Waals surface area contributed by atoms with Gasteiger partial charge in [0.05, 0.1) is 17.8 Å². The summed E-state index contributed by atoms with van der Waals surface area (Å²) in [4.78, 5) is 11.1. The first-order valence-electron chi connectivity index (χ1n) is 5.31. The maximum atomic E-state index is 11.1. The van der Waals surface area contributed by atoms with Gasteiger partial charge in [0.25, 0.3) is 0 Å². The van der Waals surface area contributed by atoms with Crippen molar-refractivity contribution >= 4 is 27.6 Å². The van der Waals surface area contributed by atoms with Gasteiger partial charge in [0.1, 0.15) is 0 Å². The molecule has 2 aromatic rings. The number of aromatic carboxylic acids is 1. The molecule has 1 aromatic heterocycles. The number of aryl methyl sites for hydroxylation is 1. The van der Waals surface area contributed by atoms with Crippen molar-refractivity contribution in [3.8, 4) is 0 Å². The van der Waals surface area contributed by atoms with Gasteiger partial charge in [0, 0.05) is 23.4 Å². The SMILES string of the molecule is Cn1ccc(CNc2ccc(Br)cc2C(=O)O)n1. The summed E-state index contributed by atoms with van der Waals surface area (Å²) in [5, 5.41) is 16.4. The van der Waals surface area contributed by atoms with Gasteiger partial charge >= 0.3 is 5.97 Å². The number of carboxylic acid groups (broad SMARTS) is 1. The summed E-state index contributed by atoms with van der Waals surface area (Å²) >= 11 is 3.26. The first-order valence-corrected chi connectivity index (χ1v) is 6.11. The number of nitrogens with zero attached hydrogens (tertiary/aromatic N) is 2. The zero-order valence-corrected chi connectivity index (χ0v) is 11.3. The molecule has 0 radical (unpaired) electrons. The molecule has 0 amide bonds. The van der Waals surface area contributed by atoms with E-state index in [4.69, 9.17) is 5.11 Å². The van der Waals surface area contributed by atoms with Gasteiger partial charge in [-0.25, -0.2) is 4.79 Å². The quantitative estimate of drug-likeness (QED) is 0.910. The van der Waals surface area contributed by atoms with Gasteiger partial charge in [-0.15, -0.1) is 0 Å². The first kappa shape index (κ1) is 12.6. The van der Waals surface area contributed by atoms with Crippen molar-refractivity contribution in [3.63, 3.8) is 0 Å². The molecule has 1 heterocycles. The normalized spacial score (nSPS) is 10.3. The third-order valence-corrected chi connectivity index (χ3v) is 2.93. The zero-order chi connectivity index (χ0) is 13.1. The molecule has 1 aromatic carbocycles. The minimum Gasteiger partial charge on any atom is -0.478 e. The molecule has 2 N–H and O–H groups in total. The third-order valence-electron chi connectivity index (χ3n) is 2.44. The maximum Gasteiger partial charge on any atom is 0.337 e. The predicted octanol–water partition coefficient (Wildman–Crippen LogP) is 2.49. The number of aromatic nitrogens is 2. The van der Waals surface area contributed by atoms with Crippen LogP contribution in [-0.2, 0) is 13.6 Å². The fraction of sp³-hybridized carbons (Fsp3) is 0.167. The van der Waals surface area contributed by atoms with Crippen LogP contribution in [-0.4, -0.2) is 20.9 Å². The van der Waals surface area contributed by atoms with E-state index in [2.05, 4.69) is 26.3 Å². The average Bonchev–Trinajstić information content (AvgIpc) is 2.73. The lowest BCUT2D eigenvalue weighted by Crippen LogP contribution is -2.07. The number of carboxylic acids is 1. The van der Waals surface area contributed by atoms with E-state index in [0.29, 0.717) is 12.2 Å². The van der Waals surface area contributed by atoms with Crippen LogP contribution < -0.4 is 5.32 Å². The van der Waals surface area contributed by atoms with Crippen LogP contribution in [0.15, 0.2) is 34.9 Å². The van der Waals surface area contributed by atoms with Crippen LogP contribution in [0.4, 0.5) is 5.69 Å². The summed E-state index contributed by atoms with van der Waals surface area (Å²) in [6, 6.07) is 6.99. The molecule has 0 atom stereocenters. The van der Waals surface area contributed by atoms with Crippen molar-refractivity contribution in [2.45, 2.75) is 6.54 Å². The molecule has 0 spiro atoms. The third kappa shape index (κ3) is 2.89. The molecule has 0 fully saturated rings. The maximum absolute atomic E-state index is 11.1. The Morgan fingerprint density at radius 1 is 1.50 bits per heavy atom. The van der Waals surface area contributed by atoms with Crippen LogP contribution in [0.3, 0.4) is 0 Å². The summed E-state index contributed by atoms with van der Waals surface area (Å²) < 4.78 is 2.44. The van der Waals surface area contributed by atoms with Gasteiger partial charge in [-0.3, -0.25) is 4.68 Å². The summed E-state index contributed by atoms with van der Waals surface area (Å²) in [6.45, 7) is 0.489. The number of nitrogens with one attached hydrogen (secondary N) is 1. The molecule has 0 bridgehead atoms. The van der Waals surface area contributed by atoms with Crippen molar-refractivity contribution in [2.75, 3.05) is 5.32 Å². The number of rotatable bonds is 4. The van der Waals surface area contributed by atoms with Crippen molar-refractivity contribution in [1.82, 2.24) is 9.78 Å². The predicted molar refractivity (Wildman–Crippen MR) is 71.6 cm³/mol. The molecular formula is C12H12BrN3O2. The highest BCUT2D eigenvalue weighted by Crippen LogP contribution is 2.21. The Labute approximate surface area is 113 Å². The van der Waals surface area contributed by atoms with Crippen LogP contribution in [0.5, 0.6) is 0 Å². The van der Waals surface area contributed by atoms with Gasteiger partial charge in [-0.2, -0.15) is 5.10 Å². The van der Waals surface area contributed by atoms with Crippen molar-refractivity contribution < 1.29 is 9.90 Å². The molecule has 0 aliphatic rings. The smallest absolute Gasteiger partial charge is 0.337 e. The first-order chi connectivity index (χ1) is 8.56. The van der Waals surface area contributed by atoms with E-state index in [1.54, 1.807) is 22.9 Å². The average molecular weight is 310 g/mol. The number of benzene rings is 1. The van der Waals surface area contributed by atoms with Gasteiger partial charge in [-0.05, 0) is 24.3 Å². The van der Waals surface area contributed by atoms with E-state index in [1.807, 2.05) is 19.3 Å². The van der Waals surface area contributed by atoms with E-state index in [9.17, 15) is 4.79 Å². The Bertz CT molecular complexity index is 580. The minimum atomic E-state index is -0.958. The second kappa shape index (κ2) is 5.22. The van der Waals surface area contributed by atoms with E-state index >= 15 is 0 Å². The van der Waals surface area contributed by atoms with Crippen molar-refractivity contribution in [3.05, 3.63) is 46.2 Å². The lowest BCUT2D eigenvalue weighted by atomic mass is 10.2. The van der Waals surface area contributed by atoms with Crippen LogP contribution >= 0.6 is 15.9 Å². The van der Waals surface area contributed by atoms with Gasteiger partial charge in [0.2, 0.25) is 0 Å². The summed E-state index contributed by atoms with van der Waals surface area (Å²) in [6.07, 6.45) is 1.84. The van der Waals surface area contributed by atoms with E-state index in [0.717, 1.165) is 10.2 Å². The monoisotopic (exact) mass is 309 g/mol. The van der Waals surface area contributed by atoms with Crippen molar-refractivity contribution in [2.24, 2.45) is 7.05 Å². The topological polar surface area (TPSA) is 67.2 Å². The number of hydrogen-bond donors (Lipinski definition) is 2. The molecule has 2 rings (SSSR count). The highest BCUT2D eigenvalue weighted by molar-refractivity contribution is 9.10. The fourth-order valence-electron chi connectivity index (χ4n) is 1.59. The van der Waals surface area contributed by atoms with Crippen LogP contribution in [0.2, 0.25) is 0 Å². The molecular weight excluding hydrogens is 298 g/mol. The minimum absolute atomic E-state index is 0.236. The number of halogens is 1. The molecule has 0 saturated heterocycles. The molecule has 0 aliphatic carbocycles. The molecule has 94 valence electrons. The standard InChI is InChI=1S/C12H12BrN3O2/c1-16-5-4-9(15-16)7-14-11-3-2-8(13)6-10(11)12(17)18/h2-6,14H,7H2,1H3,(H,17,18). The molecule has 6 heteroatoms. The molecule has 18 heavy (non-hydrogen) atoms. The van der Waals surface area contributed by atoms with Gasteiger partial charge in [0.15, 0.2) is 0 Å². The number of hydrogen-bond acceptors (Lipinski definition) is 3. The Kier molecular flexibility index (Phi) is 3.66. The Hall–Kier alpha value is -1.82. The zero-order valence-electron chi connectivity index (χ0n) is 9.72. The molecule has 5 nitrogen and oxygen atoms in total. The molecule has 0 saturated carbocycles. The summed E-state index contributed by atoms with van der Waals surface area (Å²) in [7, 11) is 1.84. The lowest BCUT2D eigenvalue weighted by Gasteiger charge is -2.08. The Balaban J connectivity index is 2.16. The van der Waals surface area contributed by atoms with E-state index in [1.165, 1.54) is 0 Å². The molecule has 0 unspecified atom stereocenters. The van der Waals surface area contributed by atoms with E-state index in [-0.39, 0.29) is 5.56 Å². The number of carbonyl (C=O) groups is 1. The molecule has 0 aliphatic heterocycles. The second-order valence-electron chi connectivity index (χ2n) is 3.83. The van der Waals surface area contributed by atoms with Gasteiger partial charge < -0.3 is 10.4 Å². The largest absolute Gasteiger partial charge is 0.478 e.